The normalized spacial score (nSPS) is 23.9. The standard InChI is InChI=1S/C32H43N5O2/c38-31(35-21-17-33-18-22-35)27-13-11-25(12-14-27)23-34-19-15-29(16-20-34)37-30(26-7-3-1-4-8-26)24-36(32(37)39)28-9-5-2-6-10-28/h1,3-4,7-8,11-14,28-30,33H,2,5-6,9-10,15-24H2/t30-/m0/s1. The third-order valence-corrected chi connectivity index (χ3v) is 9.33. The van der Waals surface area contributed by atoms with Crippen molar-refractivity contribution in [3.05, 3.63) is 71.3 Å². The second kappa shape index (κ2) is 12.1. The molecule has 39 heavy (non-hydrogen) atoms. The predicted molar refractivity (Wildman–Crippen MR) is 154 cm³/mol. The van der Waals surface area contributed by atoms with Crippen LogP contribution in [0.5, 0.6) is 0 Å². The molecule has 208 valence electrons. The van der Waals surface area contributed by atoms with Gasteiger partial charge in [0.05, 0.1) is 6.04 Å². The van der Waals surface area contributed by atoms with Crippen molar-refractivity contribution in [2.24, 2.45) is 0 Å². The molecule has 2 aromatic carbocycles. The molecule has 1 N–H and O–H groups in total. The van der Waals surface area contributed by atoms with Gasteiger partial charge in [0.1, 0.15) is 0 Å². The topological polar surface area (TPSA) is 59.1 Å². The SMILES string of the molecule is O=C(c1ccc(CN2CCC(N3C(=O)N(C4CCCCC4)C[C@H]3c3ccccc3)CC2)cc1)N1CCNCC1. The molecule has 0 bridgehead atoms. The van der Waals surface area contributed by atoms with E-state index in [1.54, 1.807) is 0 Å². The molecule has 1 atom stereocenters. The first-order valence-corrected chi connectivity index (χ1v) is 15.1. The first kappa shape index (κ1) is 26.3. The highest BCUT2D eigenvalue weighted by atomic mass is 16.2. The van der Waals surface area contributed by atoms with Gasteiger partial charge in [-0.1, -0.05) is 61.7 Å². The molecule has 1 saturated carbocycles. The zero-order valence-electron chi connectivity index (χ0n) is 23.1. The summed E-state index contributed by atoms with van der Waals surface area (Å²) in [6.45, 7) is 6.98. The predicted octanol–water partition coefficient (Wildman–Crippen LogP) is 4.51. The molecule has 3 saturated heterocycles. The monoisotopic (exact) mass is 529 g/mol. The summed E-state index contributed by atoms with van der Waals surface area (Å²) in [5.41, 5.74) is 3.29. The minimum Gasteiger partial charge on any atom is -0.336 e. The van der Waals surface area contributed by atoms with Crippen LogP contribution in [0.15, 0.2) is 54.6 Å². The Bertz CT molecular complexity index is 1100. The molecule has 0 radical (unpaired) electrons. The van der Waals surface area contributed by atoms with Gasteiger partial charge >= 0.3 is 6.03 Å². The van der Waals surface area contributed by atoms with Gasteiger partial charge in [0.2, 0.25) is 0 Å². The summed E-state index contributed by atoms with van der Waals surface area (Å²) in [4.78, 5) is 35.6. The number of carbonyl (C=O) groups excluding carboxylic acids is 2. The van der Waals surface area contributed by atoms with Gasteiger partial charge in [-0.15, -0.1) is 0 Å². The lowest BCUT2D eigenvalue weighted by atomic mass is 9.94. The lowest BCUT2D eigenvalue weighted by Crippen LogP contribution is -2.48. The van der Waals surface area contributed by atoms with Gasteiger partial charge in [0, 0.05) is 70.0 Å². The average molecular weight is 530 g/mol. The minimum atomic E-state index is 0.134. The maximum Gasteiger partial charge on any atom is 0.321 e. The summed E-state index contributed by atoms with van der Waals surface area (Å²) in [7, 11) is 0. The molecule has 0 spiro atoms. The first-order valence-electron chi connectivity index (χ1n) is 15.1. The Hall–Kier alpha value is -2.90. The number of amides is 3. The van der Waals surface area contributed by atoms with Crippen molar-refractivity contribution in [3.8, 4) is 0 Å². The Morgan fingerprint density at radius 1 is 0.795 bits per heavy atom. The number of likely N-dealkylation sites (tertiary alicyclic amines) is 1. The van der Waals surface area contributed by atoms with Crippen molar-refractivity contribution >= 4 is 11.9 Å². The lowest BCUT2D eigenvalue weighted by molar-refractivity contribution is 0.0735. The van der Waals surface area contributed by atoms with Crippen LogP contribution in [0.25, 0.3) is 0 Å². The number of hydrogen-bond donors (Lipinski definition) is 1. The fraction of sp³-hybridized carbons (Fsp3) is 0.562. The van der Waals surface area contributed by atoms with E-state index in [0.29, 0.717) is 6.04 Å². The van der Waals surface area contributed by atoms with Crippen LogP contribution in [0.1, 0.15) is 72.5 Å². The molecule has 0 aromatic heterocycles. The Labute approximate surface area is 233 Å². The zero-order chi connectivity index (χ0) is 26.6. The maximum absolute atomic E-state index is 13.9. The van der Waals surface area contributed by atoms with E-state index in [0.717, 1.165) is 83.6 Å². The quantitative estimate of drug-likeness (QED) is 0.598. The van der Waals surface area contributed by atoms with Gasteiger partial charge < -0.3 is 20.0 Å². The molecule has 4 aliphatic rings. The summed E-state index contributed by atoms with van der Waals surface area (Å²) >= 11 is 0. The number of hydrogen-bond acceptors (Lipinski definition) is 4. The molecule has 0 unspecified atom stereocenters. The molecular formula is C32H43N5O2. The van der Waals surface area contributed by atoms with Crippen molar-refractivity contribution in [2.75, 3.05) is 45.8 Å². The highest BCUT2D eigenvalue weighted by molar-refractivity contribution is 5.94. The van der Waals surface area contributed by atoms with Crippen molar-refractivity contribution in [2.45, 2.75) is 69.6 Å². The Balaban J connectivity index is 1.08. The van der Waals surface area contributed by atoms with Crippen LogP contribution in [0.4, 0.5) is 4.79 Å². The maximum atomic E-state index is 13.9. The third kappa shape index (κ3) is 5.85. The van der Waals surface area contributed by atoms with E-state index in [1.165, 1.54) is 30.4 Å². The second-order valence-electron chi connectivity index (χ2n) is 11.8. The molecule has 7 heteroatoms. The molecule has 6 rings (SSSR count). The van der Waals surface area contributed by atoms with Crippen LogP contribution < -0.4 is 5.32 Å². The van der Waals surface area contributed by atoms with E-state index in [1.807, 2.05) is 17.0 Å². The zero-order valence-corrected chi connectivity index (χ0v) is 23.1. The van der Waals surface area contributed by atoms with Crippen LogP contribution >= 0.6 is 0 Å². The fourth-order valence-corrected chi connectivity index (χ4v) is 7.10. The van der Waals surface area contributed by atoms with Gasteiger partial charge in [-0.05, 0) is 48.9 Å². The van der Waals surface area contributed by atoms with E-state index in [2.05, 4.69) is 62.5 Å². The molecule has 2 aromatic rings. The largest absolute Gasteiger partial charge is 0.336 e. The molecule has 7 nitrogen and oxygen atoms in total. The average Bonchev–Trinajstić information content (AvgIpc) is 3.36. The van der Waals surface area contributed by atoms with E-state index in [9.17, 15) is 9.59 Å². The van der Waals surface area contributed by atoms with Crippen LogP contribution in [-0.4, -0.2) is 89.4 Å². The number of rotatable bonds is 6. The van der Waals surface area contributed by atoms with Gasteiger partial charge in [-0.25, -0.2) is 4.79 Å². The van der Waals surface area contributed by atoms with Gasteiger partial charge in [0.25, 0.3) is 5.91 Å². The summed E-state index contributed by atoms with van der Waals surface area (Å²) in [6.07, 6.45) is 8.11. The van der Waals surface area contributed by atoms with Gasteiger partial charge in [-0.3, -0.25) is 9.69 Å². The molecule has 3 heterocycles. The fourth-order valence-electron chi connectivity index (χ4n) is 7.10. The summed E-state index contributed by atoms with van der Waals surface area (Å²) in [6, 6.07) is 20.0. The summed E-state index contributed by atoms with van der Waals surface area (Å²) < 4.78 is 0. The number of piperazine rings is 1. The number of urea groups is 1. The van der Waals surface area contributed by atoms with Gasteiger partial charge in [0.15, 0.2) is 0 Å². The first-order chi connectivity index (χ1) is 19.2. The van der Waals surface area contributed by atoms with Crippen LogP contribution in [0.2, 0.25) is 0 Å². The Morgan fingerprint density at radius 3 is 2.18 bits per heavy atom. The Morgan fingerprint density at radius 2 is 1.49 bits per heavy atom. The highest BCUT2D eigenvalue weighted by Gasteiger charge is 2.45. The van der Waals surface area contributed by atoms with Gasteiger partial charge in [-0.2, -0.15) is 0 Å². The summed E-state index contributed by atoms with van der Waals surface area (Å²) in [5, 5.41) is 3.30. The van der Waals surface area contributed by atoms with E-state index in [4.69, 9.17) is 0 Å². The summed E-state index contributed by atoms with van der Waals surface area (Å²) in [5.74, 6) is 0.134. The van der Waals surface area contributed by atoms with E-state index < -0.39 is 0 Å². The lowest BCUT2D eigenvalue weighted by Gasteiger charge is -2.39. The highest BCUT2D eigenvalue weighted by Crippen LogP contribution is 2.38. The van der Waals surface area contributed by atoms with Crippen LogP contribution in [-0.2, 0) is 6.54 Å². The van der Waals surface area contributed by atoms with E-state index in [-0.39, 0.29) is 24.0 Å². The minimum absolute atomic E-state index is 0.134. The van der Waals surface area contributed by atoms with Crippen molar-refractivity contribution in [3.63, 3.8) is 0 Å². The molecule has 3 aliphatic heterocycles. The second-order valence-corrected chi connectivity index (χ2v) is 11.8. The van der Waals surface area contributed by atoms with E-state index >= 15 is 0 Å². The Kier molecular flexibility index (Phi) is 8.16. The molecule has 1 aliphatic carbocycles. The van der Waals surface area contributed by atoms with Crippen LogP contribution in [0, 0.1) is 0 Å². The molecule has 3 amide bonds. The van der Waals surface area contributed by atoms with Crippen molar-refractivity contribution in [1.29, 1.82) is 0 Å². The number of nitrogens with zero attached hydrogens (tertiary/aromatic N) is 4. The van der Waals surface area contributed by atoms with Crippen molar-refractivity contribution in [1.82, 2.24) is 24.9 Å². The number of piperidine rings is 1. The molecular weight excluding hydrogens is 486 g/mol. The van der Waals surface area contributed by atoms with Crippen molar-refractivity contribution < 1.29 is 9.59 Å². The third-order valence-electron chi connectivity index (χ3n) is 9.33. The molecule has 4 fully saturated rings. The van der Waals surface area contributed by atoms with Crippen LogP contribution in [0.3, 0.4) is 0 Å². The number of benzene rings is 2. The number of carbonyl (C=O) groups is 2. The number of nitrogens with one attached hydrogen (secondary N) is 1. The smallest absolute Gasteiger partial charge is 0.321 e.